The molecule has 2 rings (SSSR count). The Morgan fingerprint density at radius 2 is 1.85 bits per heavy atom. The van der Waals surface area contributed by atoms with E-state index in [1.807, 2.05) is 49.4 Å². The summed E-state index contributed by atoms with van der Waals surface area (Å²) in [5, 5.41) is 18.7. The van der Waals surface area contributed by atoms with Gasteiger partial charge in [0.05, 0.1) is 17.7 Å². The molecule has 0 aromatic heterocycles. The molecule has 0 fully saturated rings. The summed E-state index contributed by atoms with van der Waals surface area (Å²) in [6.45, 7) is 2.30. The Balaban J connectivity index is 2.03. The summed E-state index contributed by atoms with van der Waals surface area (Å²) in [5.41, 5.74) is 2.38. The number of hydrogen-bond acceptors (Lipinski definition) is 3. The fourth-order valence-electron chi connectivity index (χ4n) is 1.94. The minimum atomic E-state index is -0.427. The van der Waals surface area contributed by atoms with Crippen LogP contribution in [0, 0.1) is 11.3 Å². The zero-order valence-electron chi connectivity index (χ0n) is 11.4. The second kappa shape index (κ2) is 6.74. The molecule has 0 unspecified atom stereocenters. The van der Waals surface area contributed by atoms with E-state index in [1.54, 1.807) is 6.07 Å². The molecule has 1 N–H and O–H groups in total. The molecule has 0 spiro atoms. The molecular formula is C17H17NO2. The predicted octanol–water partition coefficient (Wildman–Crippen LogP) is 3.58. The number of nitriles is 1. The summed E-state index contributed by atoms with van der Waals surface area (Å²) in [6.07, 6.45) is 0.263. The summed E-state index contributed by atoms with van der Waals surface area (Å²) in [6, 6.07) is 16.9. The van der Waals surface area contributed by atoms with E-state index in [-0.39, 0.29) is 0 Å². The molecule has 0 aliphatic rings. The van der Waals surface area contributed by atoms with Gasteiger partial charge in [0.15, 0.2) is 0 Å². The second-order valence-electron chi connectivity index (χ2n) is 4.55. The maximum absolute atomic E-state index is 9.72. The highest BCUT2D eigenvalue weighted by molar-refractivity contribution is 5.37. The highest BCUT2D eigenvalue weighted by atomic mass is 16.5. The Labute approximate surface area is 119 Å². The molecule has 20 heavy (non-hydrogen) atoms. The van der Waals surface area contributed by atoms with Gasteiger partial charge < -0.3 is 9.84 Å². The first-order chi connectivity index (χ1) is 9.74. The van der Waals surface area contributed by atoms with Crippen molar-refractivity contribution in [1.29, 1.82) is 5.26 Å². The lowest BCUT2D eigenvalue weighted by molar-refractivity contribution is 0.173. The molecule has 0 saturated carbocycles. The lowest BCUT2D eigenvalue weighted by Crippen LogP contribution is -1.99. The average Bonchev–Trinajstić information content (AvgIpc) is 2.53. The number of aliphatic hydroxyl groups is 1. The normalized spacial score (nSPS) is 11.7. The zero-order chi connectivity index (χ0) is 14.4. The molecule has 3 heteroatoms. The number of nitrogens with zero attached hydrogens (tertiary/aromatic N) is 1. The Kier molecular flexibility index (Phi) is 4.75. The molecule has 1 atom stereocenters. The van der Waals surface area contributed by atoms with Crippen molar-refractivity contribution in [3.8, 4) is 11.8 Å². The van der Waals surface area contributed by atoms with Crippen LogP contribution in [0.5, 0.6) is 5.75 Å². The van der Waals surface area contributed by atoms with E-state index in [9.17, 15) is 5.11 Å². The summed E-state index contributed by atoms with van der Waals surface area (Å²) in [4.78, 5) is 0. The van der Waals surface area contributed by atoms with E-state index in [2.05, 4.69) is 6.07 Å². The molecule has 0 saturated heterocycles. The molecule has 0 heterocycles. The molecule has 3 nitrogen and oxygen atoms in total. The standard InChI is InChI=1S/C17H17NO2/c1-2-17(19)13-7-9-16(10-8-13)20-12-15-6-4-3-5-14(15)11-18/h3-10,17,19H,2,12H2,1H3/t17-/m1/s1. The van der Waals surface area contributed by atoms with Crippen molar-refractivity contribution in [1.82, 2.24) is 0 Å². The summed E-state index contributed by atoms with van der Waals surface area (Å²) < 4.78 is 5.67. The van der Waals surface area contributed by atoms with Gasteiger partial charge in [0, 0.05) is 5.56 Å². The molecule has 0 aliphatic carbocycles. The van der Waals surface area contributed by atoms with Crippen LogP contribution in [0.1, 0.15) is 36.1 Å². The first kappa shape index (κ1) is 14.1. The maximum Gasteiger partial charge on any atom is 0.119 e. The van der Waals surface area contributed by atoms with Gasteiger partial charge in [-0.25, -0.2) is 0 Å². The first-order valence-corrected chi connectivity index (χ1v) is 6.63. The lowest BCUT2D eigenvalue weighted by atomic mass is 10.1. The van der Waals surface area contributed by atoms with Crippen molar-refractivity contribution >= 4 is 0 Å². The van der Waals surface area contributed by atoms with E-state index in [4.69, 9.17) is 10.00 Å². The molecule has 102 valence electrons. The van der Waals surface area contributed by atoms with Crippen LogP contribution in [0.3, 0.4) is 0 Å². The van der Waals surface area contributed by atoms with Crippen LogP contribution in [0.2, 0.25) is 0 Å². The number of benzene rings is 2. The predicted molar refractivity (Wildman–Crippen MR) is 77.2 cm³/mol. The largest absolute Gasteiger partial charge is 0.489 e. The highest BCUT2D eigenvalue weighted by Crippen LogP contribution is 2.21. The van der Waals surface area contributed by atoms with Crippen LogP contribution >= 0.6 is 0 Å². The van der Waals surface area contributed by atoms with Crippen molar-refractivity contribution in [3.05, 3.63) is 65.2 Å². The smallest absolute Gasteiger partial charge is 0.119 e. The third-order valence-electron chi connectivity index (χ3n) is 3.18. The van der Waals surface area contributed by atoms with Crippen molar-refractivity contribution < 1.29 is 9.84 Å². The van der Waals surface area contributed by atoms with Crippen LogP contribution in [-0.4, -0.2) is 5.11 Å². The number of ether oxygens (including phenoxy) is 1. The van der Waals surface area contributed by atoms with Gasteiger partial charge >= 0.3 is 0 Å². The van der Waals surface area contributed by atoms with Gasteiger partial charge in [-0.05, 0) is 30.2 Å². The van der Waals surface area contributed by atoms with E-state index in [0.29, 0.717) is 18.6 Å². The molecule has 2 aromatic carbocycles. The molecule has 0 bridgehead atoms. The van der Waals surface area contributed by atoms with Gasteiger partial charge in [-0.1, -0.05) is 37.3 Å². The topological polar surface area (TPSA) is 53.2 Å². The fourth-order valence-corrected chi connectivity index (χ4v) is 1.94. The fraction of sp³-hybridized carbons (Fsp3) is 0.235. The number of hydrogen-bond donors (Lipinski definition) is 1. The van der Waals surface area contributed by atoms with Crippen LogP contribution in [0.15, 0.2) is 48.5 Å². The molecular weight excluding hydrogens is 250 g/mol. The van der Waals surface area contributed by atoms with E-state index in [1.165, 1.54) is 0 Å². The van der Waals surface area contributed by atoms with E-state index in [0.717, 1.165) is 16.9 Å². The lowest BCUT2D eigenvalue weighted by Gasteiger charge is -2.10. The summed E-state index contributed by atoms with van der Waals surface area (Å²) in [7, 11) is 0. The average molecular weight is 267 g/mol. The number of rotatable bonds is 5. The summed E-state index contributed by atoms with van der Waals surface area (Å²) >= 11 is 0. The minimum absolute atomic E-state index is 0.361. The second-order valence-corrected chi connectivity index (χ2v) is 4.55. The van der Waals surface area contributed by atoms with Gasteiger partial charge in [-0.3, -0.25) is 0 Å². The van der Waals surface area contributed by atoms with Gasteiger partial charge in [0.25, 0.3) is 0 Å². The van der Waals surface area contributed by atoms with Crippen LogP contribution in [0.25, 0.3) is 0 Å². The van der Waals surface area contributed by atoms with Crippen molar-refractivity contribution in [2.24, 2.45) is 0 Å². The quantitative estimate of drug-likeness (QED) is 0.900. The van der Waals surface area contributed by atoms with Crippen molar-refractivity contribution in [2.45, 2.75) is 26.1 Å². The minimum Gasteiger partial charge on any atom is -0.489 e. The Hall–Kier alpha value is -2.31. The summed E-state index contributed by atoms with van der Waals surface area (Å²) in [5.74, 6) is 0.727. The van der Waals surface area contributed by atoms with Gasteiger partial charge in [0.1, 0.15) is 12.4 Å². The zero-order valence-corrected chi connectivity index (χ0v) is 11.4. The number of aliphatic hydroxyl groups excluding tert-OH is 1. The van der Waals surface area contributed by atoms with Gasteiger partial charge in [0.2, 0.25) is 0 Å². The van der Waals surface area contributed by atoms with Crippen LogP contribution in [-0.2, 0) is 6.61 Å². The molecule has 0 amide bonds. The Morgan fingerprint density at radius 3 is 2.50 bits per heavy atom. The van der Waals surface area contributed by atoms with E-state index < -0.39 is 6.10 Å². The monoisotopic (exact) mass is 267 g/mol. The Bertz CT molecular complexity index is 599. The Morgan fingerprint density at radius 1 is 1.15 bits per heavy atom. The molecule has 0 radical (unpaired) electrons. The third kappa shape index (κ3) is 3.37. The SMILES string of the molecule is CC[C@@H](O)c1ccc(OCc2ccccc2C#N)cc1. The molecule has 2 aromatic rings. The van der Waals surface area contributed by atoms with Gasteiger partial charge in [-0.15, -0.1) is 0 Å². The maximum atomic E-state index is 9.72. The highest BCUT2D eigenvalue weighted by Gasteiger charge is 2.05. The van der Waals surface area contributed by atoms with Crippen molar-refractivity contribution in [2.75, 3.05) is 0 Å². The van der Waals surface area contributed by atoms with Crippen LogP contribution in [0.4, 0.5) is 0 Å². The van der Waals surface area contributed by atoms with Crippen LogP contribution < -0.4 is 4.74 Å². The third-order valence-corrected chi connectivity index (χ3v) is 3.18. The molecule has 0 aliphatic heterocycles. The first-order valence-electron chi connectivity index (χ1n) is 6.63. The van der Waals surface area contributed by atoms with E-state index >= 15 is 0 Å². The van der Waals surface area contributed by atoms with Crippen molar-refractivity contribution in [3.63, 3.8) is 0 Å². The van der Waals surface area contributed by atoms with Gasteiger partial charge in [-0.2, -0.15) is 5.26 Å².